The zero-order valence-corrected chi connectivity index (χ0v) is 16.6. The van der Waals surface area contributed by atoms with E-state index in [1.807, 2.05) is 13.8 Å². The Morgan fingerprint density at radius 1 is 0.857 bits per heavy atom. The Bertz CT molecular complexity index is 800. The molecule has 7 nitrogen and oxygen atoms in total. The third kappa shape index (κ3) is 5.16. The molecule has 0 amide bonds. The predicted octanol–water partition coefficient (Wildman–Crippen LogP) is 3.54. The van der Waals surface area contributed by atoms with Gasteiger partial charge in [-0.15, -0.1) is 0 Å². The molecule has 0 atom stereocenters. The highest BCUT2D eigenvalue weighted by Gasteiger charge is 2.18. The van der Waals surface area contributed by atoms with Crippen LogP contribution in [0.25, 0.3) is 0 Å². The summed E-state index contributed by atoms with van der Waals surface area (Å²) in [4.78, 5) is 24.6. The van der Waals surface area contributed by atoms with E-state index >= 15 is 0 Å². The highest BCUT2D eigenvalue weighted by molar-refractivity contribution is 6.00. The van der Waals surface area contributed by atoms with Crippen LogP contribution >= 0.6 is 0 Å². The van der Waals surface area contributed by atoms with Gasteiger partial charge in [0.25, 0.3) is 0 Å². The van der Waals surface area contributed by atoms with Crippen LogP contribution in [0.1, 0.15) is 34.6 Å². The first kappa shape index (κ1) is 21.1. The summed E-state index contributed by atoms with van der Waals surface area (Å²) in [5.41, 5.74) is 0.608. The molecule has 0 aliphatic heterocycles. The molecule has 150 valence electrons. The summed E-state index contributed by atoms with van der Waals surface area (Å²) in [7, 11) is 4.39. The molecule has 0 unspecified atom stereocenters. The number of ether oxygens (including phenoxy) is 5. The number of carbonyl (C=O) groups excluding carboxylic acids is 2. The van der Waals surface area contributed by atoms with E-state index in [0.717, 1.165) is 0 Å². The minimum absolute atomic E-state index is 0.0360. The number of methoxy groups -OCH3 is 3. The molecule has 2 rings (SSSR count). The van der Waals surface area contributed by atoms with Crippen LogP contribution in [0.3, 0.4) is 0 Å². The fourth-order valence-electron chi connectivity index (χ4n) is 2.48. The van der Waals surface area contributed by atoms with Crippen LogP contribution in [0.5, 0.6) is 23.0 Å². The summed E-state index contributed by atoms with van der Waals surface area (Å²) in [5.74, 6) is 0.723. The molecule has 28 heavy (non-hydrogen) atoms. The Hall–Kier alpha value is -3.22. The molecule has 0 heterocycles. The quantitative estimate of drug-likeness (QED) is 0.480. The molecule has 2 aromatic rings. The van der Waals surface area contributed by atoms with Gasteiger partial charge in [0.05, 0.1) is 33.0 Å². The number of carbonyl (C=O) groups is 2. The molecule has 7 heteroatoms. The van der Waals surface area contributed by atoms with Crippen molar-refractivity contribution < 1.29 is 33.3 Å². The summed E-state index contributed by atoms with van der Waals surface area (Å²) in [5, 5.41) is 0. The van der Waals surface area contributed by atoms with Crippen LogP contribution in [-0.2, 0) is 4.74 Å². The van der Waals surface area contributed by atoms with E-state index in [1.165, 1.54) is 33.5 Å². The minimum Gasteiger partial charge on any atom is -0.493 e. The first-order valence-corrected chi connectivity index (χ1v) is 8.66. The van der Waals surface area contributed by atoms with E-state index in [4.69, 9.17) is 23.7 Å². The van der Waals surface area contributed by atoms with Crippen molar-refractivity contribution in [2.24, 2.45) is 0 Å². The van der Waals surface area contributed by atoms with Gasteiger partial charge in [-0.25, -0.2) is 4.79 Å². The average molecular weight is 388 g/mol. The molecule has 0 aromatic heterocycles. The van der Waals surface area contributed by atoms with Crippen LogP contribution in [0.15, 0.2) is 36.4 Å². The van der Waals surface area contributed by atoms with Gasteiger partial charge in [0, 0.05) is 5.56 Å². The lowest BCUT2D eigenvalue weighted by molar-refractivity contribution is 0.0474. The zero-order valence-electron chi connectivity index (χ0n) is 16.6. The second kappa shape index (κ2) is 9.64. The third-order valence-electron chi connectivity index (χ3n) is 3.78. The Balaban J connectivity index is 2.06. The molecule has 0 fully saturated rings. The van der Waals surface area contributed by atoms with Crippen molar-refractivity contribution in [1.82, 2.24) is 0 Å². The SMILES string of the molecule is COc1cc(C(=O)COC(=O)c2ccc(OC(C)C)cc2)cc(OC)c1OC. The molecule has 2 aromatic carbocycles. The molecular weight excluding hydrogens is 364 g/mol. The maximum Gasteiger partial charge on any atom is 0.338 e. The van der Waals surface area contributed by atoms with Crippen molar-refractivity contribution in [3.05, 3.63) is 47.5 Å². The van der Waals surface area contributed by atoms with Crippen molar-refractivity contribution in [2.75, 3.05) is 27.9 Å². The maximum atomic E-state index is 12.4. The molecule has 0 radical (unpaired) electrons. The lowest BCUT2D eigenvalue weighted by atomic mass is 10.1. The smallest absolute Gasteiger partial charge is 0.338 e. The van der Waals surface area contributed by atoms with E-state index in [0.29, 0.717) is 28.6 Å². The molecular formula is C21H24O7. The number of ketones is 1. The number of esters is 1. The van der Waals surface area contributed by atoms with Gasteiger partial charge in [0.1, 0.15) is 5.75 Å². The van der Waals surface area contributed by atoms with Gasteiger partial charge in [-0.2, -0.15) is 0 Å². The topological polar surface area (TPSA) is 80.3 Å². The Labute approximate surface area is 164 Å². The first-order chi connectivity index (χ1) is 13.4. The van der Waals surface area contributed by atoms with Gasteiger partial charge >= 0.3 is 5.97 Å². The third-order valence-corrected chi connectivity index (χ3v) is 3.78. The van der Waals surface area contributed by atoms with Gasteiger partial charge in [-0.05, 0) is 50.2 Å². The Morgan fingerprint density at radius 2 is 1.43 bits per heavy atom. The Morgan fingerprint density at radius 3 is 1.89 bits per heavy atom. The van der Waals surface area contributed by atoms with E-state index in [-0.39, 0.29) is 11.7 Å². The van der Waals surface area contributed by atoms with Crippen molar-refractivity contribution in [2.45, 2.75) is 20.0 Å². The lowest BCUT2D eigenvalue weighted by Crippen LogP contribution is -2.15. The summed E-state index contributed by atoms with van der Waals surface area (Å²) >= 11 is 0. The average Bonchev–Trinajstić information content (AvgIpc) is 2.70. The van der Waals surface area contributed by atoms with Gasteiger partial charge in [-0.3, -0.25) is 4.79 Å². The van der Waals surface area contributed by atoms with Crippen molar-refractivity contribution in [3.8, 4) is 23.0 Å². The van der Waals surface area contributed by atoms with Crippen molar-refractivity contribution in [1.29, 1.82) is 0 Å². The molecule has 0 N–H and O–H groups in total. The summed E-state index contributed by atoms with van der Waals surface area (Å²) in [6, 6.07) is 9.55. The Kier molecular flexibility index (Phi) is 7.26. The van der Waals surface area contributed by atoms with E-state index in [9.17, 15) is 9.59 Å². The summed E-state index contributed by atoms with van der Waals surface area (Å²) in [6.07, 6.45) is 0.0360. The fraction of sp³-hybridized carbons (Fsp3) is 0.333. The number of hydrogen-bond donors (Lipinski definition) is 0. The zero-order chi connectivity index (χ0) is 20.7. The molecule has 0 spiro atoms. The number of rotatable bonds is 9. The van der Waals surface area contributed by atoms with Crippen LogP contribution in [0.4, 0.5) is 0 Å². The standard InChI is InChI=1S/C21H24O7/c1-13(2)28-16-8-6-14(7-9-16)21(23)27-12-17(22)15-10-18(24-3)20(26-5)19(11-15)25-4/h6-11,13H,12H2,1-5H3. The maximum absolute atomic E-state index is 12.4. The minimum atomic E-state index is -0.600. The second-order valence-electron chi connectivity index (χ2n) is 6.10. The van der Waals surface area contributed by atoms with E-state index in [2.05, 4.69) is 0 Å². The summed E-state index contributed by atoms with van der Waals surface area (Å²) < 4.78 is 26.3. The summed E-state index contributed by atoms with van der Waals surface area (Å²) in [6.45, 7) is 3.41. The second-order valence-corrected chi connectivity index (χ2v) is 6.10. The lowest BCUT2D eigenvalue weighted by Gasteiger charge is -2.13. The van der Waals surface area contributed by atoms with E-state index < -0.39 is 18.4 Å². The normalized spacial score (nSPS) is 10.4. The highest BCUT2D eigenvalue weighted by atomic mass is 16.5. The van der Waals surface area contributed by atoms with Gasteiger partial charge in [0.15, 0.2) is 18.1 Å². The van der Waals surface area contributed by atoms with Crippen LogP contribution in [0.2, 0.25) is 0 Å². The molecule has 0 bridgehead atoms. The number of benzene rings is 2. The van der Waals surface area contributed by atoms with E-state index in [1.54, 1.807) is 24.3 Å². The first-order valence-electron chi connectivity index (χ1n) is 8.66. The van der Waals surface area contributed by atoms with Crippen LogP contribution in [0, 0.1) is 0 Å². The van der Waals surface area contributed by atoms with Gasteiger partial charge in [0.2, 0.25) is 11.5 Å². The van der Waals surface area contributed by atoms with Gasteiger partial charge in [-0.1, -0.05) is 0 Å². The van der Waals surface area contributed by atoms with Crippen molar-refractivity contribution >= 4 is 11.8 Å². The highest BCUT2D eigenvalue weighted by Crippen LogP contribution is 2.38. The predicted molar refractivity (Wildman–Crippen MR) is 103 cm³/mol. The molecule has 0 saturated heterocycles. The number of hydrogen-bond acceptors (Lipinski definition) is 7. The molecule has 0 saturated carbocycles. The van der Waals surface area contributed by atoms with Crippen LogP contribution in [-0.4, -0.2) is 45.8 Å². The monoisotopic (exact) mass is 388 g/mol. The number of Topliss-reactive ketones (excluding diaryl/α,β-unsaturated/α-hetero) is 1. The fourth-order valence-corrected chi connectivity index (χ4v) is 2.48. The van der Waals surface area contributed by atoms with Crippen molar-refractivity contribution in [3.63, 3.8) is 0 Å². The molecule has 0 aliphatic carbocycles. The molecule has 0 aliphatic rings. The van der Waals surface area contributed by atoms with Crippen LogP contribution < -0.4 is 18.9 Å². The van der Waals surface area contributed by atoms with Gasteiger partial charge < -0.3 is 23.7 Å². The largest absolute Gasteiger partial charge is 0.493 e.